The summed E-state index contributed by atoms with van der Waals surface area (Å²) in [5.41, 5.74) is 5.17. The predicted molar refractivity (Wildman–Crippen MR) is 89.8 cm³/mol. The first-order valence-electron chi connectivity index (χ1n) is 8.21. The van der Waals surface area contributed by atoms with Crippen LogP contribution in [-0.2, 0) is 16.0 Å². The van der Waals surface area contributed by atoms with Gasteiger partial charge in [0.2, 0.25) is 0 Å². The Balaban J connectivity index is 1.83. The molecule has 4 N–H and O–H groups in total. The van der Waals surface area contributed by atoms with Gasteiger partial charge in [-0.2, -0.15) is 0 Å². The van der Waals surface area contributed by atoms with E-state index in [1.165, 1.54) is 0 Å². The molecule has 0 saturated carbocycles. The van der Waals surface area contributed by atoms with Gasteiger partial charge in [-0.3, -0.25) is 4.79 Å². The molecule has 2 rings (SSSR count). The number of primary amides is 1. The van der Waals surface area contributed by atoms with Gasteiger partial charge in [0.15, 0.2) is 11.7 Å². The number of nitrogens with two attached hydrogens (primary N) is 1. The van der Waals surface area contributed by atoms with E-state index in [-0.39, 0.29) is 17.9 Å². The highest BCUT2D eigenvalue weighted by molar-refractivity contribution is 5.89. The molecule has 1 aliphatic rings. The van der Waals surface area contributed by atoms with Gasteiger partial charge < -0.3 is 30.3 Å². The van der Waals surface area contributed by atoms with E-state index in [1.54, 1.807) is 12.1 Å². The number of ether oxygens (including phenoxy) is 2. The van der Waals surface area contributed by atoms with E-state index in [9.17, 15) is 4.79 Å². The number of furan rings is 1. The molecule has 1 amide bonds. The van der Waals surface area contributed by atoms with Crippen LogP contribution in [0.4, 0.5) is 0 Å². The molecule has 0 radical (unpaired) electrons. The monoisotopic (exact) mass is 338 g/mol. The highest BCUT2D eigenvalue weighted by atomic mass is 16.5. The van der Waals surface area contributed by atoms with E-state index >= 15 is 0 Å². The number of nitrogens with zero attached hydrogens (tertiary/aromatic N) is 1. The maximum absolute atomic E-state index is 11.0. The molecule has 134 valence electrons. The minimum atomic E-state index is -0.586. The van der Waals surface area contributed by atoms with Crippen molar-refractivity contribution in [2.45, 2.75) is 39.0 Å². The van der Waals surface area contributed by atoms with Crippen molar-refractivity contribution >= 4 is 11.9 Å². The van der Waals surface area contributed by atoms with Gasteiger partial charge in [-0.15, -0.1) is 0 Å². The fourth-order valence-electron chi connectivity index (χ4n) is 2.27. The largest absolute Gasteiger partial charge is 0.454 e. The number of hydrogen-bond donors (Lipinski definition) is 3. The fraction of sp³-hybridized carbons (Fsp3) is 0.625. The summed E-state index contributed by atoms with van der Waals surface area (Å²) >= 11 is 0. The highest BCUT2D eigenvalue weighted by Gasteiger charge is 2.17. The van der Waals surface area contributed by atoms with Crippen LogP contribution in [0.3, 0.4) is 0 Å². The van der Waals surface area contributed by atoms with Crippen LogP contribution in [0.25, 0.3) is 0 Å². The molecular formula is C16H26N4O4. The molecule has 0 aliphatic carbocycles. The van der Waals surface area contributed by atoms with Gasteiger partial charge >= 0.3 is 0 Å². The Morgan fingerprint density at radius 1 is 1.54 bits per heavy atom. The second kappa shape index (κ2) is 9.29. The molecule has 1 aromatic heterocycles. The molecule has 1 fully saturated rings. The molecule has 0 bridgehead atoms. The first-order chi connectivity index (χ1) is 11.6. The topological polar surface area (TPSA) is 111 Å². The van der Waals surface area contributed by atoms with Crippen LogP contribution in [0.1, 0.15) is 36.6 Å². The molecular weight excluding hydrogens is 312 g/mol. The van der Waals surface area contributed by atoms with E-state index in [0.29, 0.717) is 31.5 Å². The summed E-state index contributed by atoms with van der Waals surface area (Å²) in [5, 5.41) is 6.45. The Labute approximate surface area is 141 Å². The lowest BCUT2D eigenvalue weighted by atomic mass is 10.3. The molecule has 8 heteroatoms. The Hall–Kier alpha value is -2.06. The van der Waals surface area contributed by atoms with E-state index < -0.39 is 5.91 Å². The van der Waals surface area contributed by atoms with Crippen LogP contribution >= 0.6 is 0 Å². The van der Waals surface area contributed by atoms with Gasteiger partial charge in [0.05, 0.1) is 19.3 Å². The second-order valence-corrected chi connectivity index (χ2v) is 5.69. The number of amides is 1. The number of nitrogens with one attached hydrogen (secondary N) is 2. The van der Waals surface area contributed by atoms with Crippen molar-refractivity contribution in [2.75, 3.05) is 26.4 Å². The molecule has 1 saturated heterocycles. The fourth-order valence-corrected chi connectivity index (χ4v) is 2.27. The Morgan fingerprint density at radius 2 is 2.38 bits per heavy atom. The molecule has 24 heavy (non-hydrogen) atoms. The van der Waals surface area contributed by atoms with Crippen molar-refractivity contribution in [3.05, 3.63) is 23.7 Å². The third-order valence-electron chi connectivity index (χ3n) is 3.49. The van der Waals surface area contributed by atoms with Crippen molar-refractivity contribution < 1.29 is 18.7 Å². The molecule has 2 heterocycles. The summed E-state index contributed by atoms with van der Waals surface area (Å²) in [7, 11) is 0. The summed E-state index contributed by atoms with van der Waals surface area (Å²) in [6.07, 6.45) is 1.13. The van der Waals surface area contributed by atoms with E-state index in [4.69, 9.17) is 19.6 Å². The first-order valence-corrected chi connectivity index (χ1v) is 8.21. The van der Waals surface area contributed by atoms with Crippen molar-refractivity contribution in [2.24, 2.45) is 10.7 Å². The molecule has 1 aliphatic heterocycles. The zero-order valence-corrected chi connectivity index (χ0v) is 14.2. The summed E-state index contributed by atoms with van der Waals surface area (Å²) in [4.78, 5) is 15.5. The third-order valence-corrected chi connectivity index (χ3v) is 3.49. The SMILES string of the molecule is CCNC(=NCc1ccc(C(N)=O)o1)NC(C)COC1CCOC1. The van der Waals surface area contributed by atoms with Crippen molar-refractivity contribution in [1.82, 2.24) is 10.6 Å². The maximum atomic E-state index is 11.0. The molecule has 0 spiro atoms. The van der Waals surface area contributed by atoms with Crippen molar-refractivity contribution in [1.29, 1.82) is 0 Å². The third kappa shape index (κ3) is 5.86. The van der Waals surface area contributed by atoms with Crippen LogP contribution in [0.2, 0.25) is 0 Å². The number of hydrogen-bond acceptors (Lipinski definition) is 5. The average Bonchev–Trinajstić information content (AvgIpc) is 3.22. The number of rotatable bonds is 8. The number of carbonyl (C=O) groups excluding carboxylic acids is 1. The molecule has 2 unspecified atom stereocenters. The van der Waals surface area contributed by atoms with Crippen molar-refractivity contribution in [3.8, 4) is 0 Å². The van der Waals surface area contributed by atoms with Crippen LogP contribution in [0, 0.1) is 0 Å². The lowest BCUT2D eigenvalue weighted by Crippen LogP contribution is -2.44. The smallest absolute Gasteiger partial charge is 0.284 e. The van der Waals surface area contributed by atoms with E-state index in [1.807, 2.05) is 13.8 Å². The van der Waals surface area contributed by atoms with Gasteiger partial charge in [-0.05, 0) is 32.4 Å². The van der Waals surface area contributed by atoms with Gasteiger partial charge in [0.1, 0.15) is 12.3 Å². The summed E-state index contributed by atoms with van der Waals surface area (Å²) in [6, 6.07) is 3.34. The van der Waals surface area contributed by atoms with Gasteiger partial charge in [-0.25, -0.2) is 4.99 Å². The van der Waals surface area contributed by atoms with Gasteiger partial charge in [0.25, 0.3) is 5.91 Å². The Kier molecular flexibility index (Phi) is 7.07. The lowest BCUT2D eigenvalue weighted by molar-refractivity contribution is 0.0347. The van der Waals surface area contributed by atoms with Gasteiger partial charge in [0, 0.05) is 19.2 Å². The Morgan fingerprint density at radius 3 is 3.00 bits per heavy atom. The number of aliphatic imine (C=N–C) groups is 1. The maximum Gasteiger partial charge on any atom is 0.284 e. The zero-order valence-electron chi connectivity index (χ0n) is 14.2. The lowest BCUT2D eigenvalue weighted by Gasteiger charge is -2.19. The molecule has 1 aromatic rings. The van der Waals surface area contributed by atoms with Crippen LogP contribution in [-0.4, -0.2) is 50.4 Å². The normalized spacial score (nSPS) is 19.2. The summed E-state index contributed by atoms with van der Waals surface area (Å²) < 4.78 is 16.4. The first kappa shape index (κ1) is 18.3. The van der Waals surface area contributed by atoms with Gasteiger partial charge in [-0.1, -0.05) is 0 Å². The minimum Gasteiger partial charge on any atom is -0.454 e. The van der Waals surface area contributed by atoms with E-state index in [0.717, 1.165) is 19.6 Å². The second-order valence-electron chi connectivity index (χ2n) is 5.69. The quantitative estimate of drug-likeness (QED) is 0.473. The zero-order chi connectivity index (χ0) is 17.4. The van der Waals surface area contributed by atoms with Crippen LogP contribution in [0.15, 0.2) is 21.5 Å². The number of carbonyl (C=O) groups is 1. The Bertz CT molecular complexity index is 552. The minimum absolute atomic E-state index is 0.0983. The van der Waals surface area contributed by atoms with Crippen molar-refractivity contribution in [3.63, 3.8) is 0 Å². The average molecular weight is 338 g/mol. The van der Waals surface area contributed by atoms with E-state index in [2.05, 4.69) is 15.6 Å². The standard InChI is InChI=1S/C16H26N4O4/c1-3-18-16(19-8-12-4-5-14(24-12)15(17)21)20-11(2)9-23-13-6-7-22-10-13/h4-5,11,13H,3,6-10H2,1-2H3,(H2,17,21)(H2,18,19,20). The summed E-state index contributed by atoms with van der Waals surface area (Å²) in [5.74, 6) is 0.789. The van der Waals surface area contributed by atoms with Crippen LogP contribution < -0.4 is 16.4 Å². The predicted octanol–water partition coefficient (Wildman–Crippen LogP) is 0.628. The highest BCUT2D eigenvalue weighted by Crippen LogP contribution is 2.09. The molecule has 8 nitrogen and oxygen atoms in total. The molecule has 2 atom stereocenters. The summed E-state index contributed by atoms with van der Waals surface area (Å²) in [6.45, 7) is 7.08. The van der Waals surface area contributed by atoms with Crippen LogP contribution in [0.5, 0.6) is 0 Å². The molecule has 0 aromatic carbocycles. The number of guanidine groups is 1.